The van der Waals surface area contributed by atoms with Crippen molar-refractivity contribution in [3.05, 3.63) is 142 Å². The first-order chi connectivity index (χ1) is 20.1. The second-order valence-electron chi connectivity index (χ2n) is 10.1. The average molecular weight is 626 g/mol. The molecular formula is C37H41BrN2O2. The predicted molar refractivity (Wildman–Crippen MR) is 184 cm³/mol. The number of fused-ring (bicyclic) bond motifs is 1. The van der Waals surface area contributed by atoms with Crippen LogP contribution in [-0.2, 0) is 13.0 Å². The lowest BCUT2D eigenvalue weighted by atomic mass is 10.0. The number of carbonyl (C=O) groups is 1. The van der Waals surface area contributed by atoms with Crippen LogP contribution >= 0.6 is 15.9 Å². The number of halogens is 1. The molecule has 1 amide bonds. The highest BCUT2D eigenvalue weighted by Gasteiger charge is 2.09. The number of phenols is 1. The standard InChI is InChI=1S/C20H19NO.C12H14O.C5H8BrN/c1-2-15-10-12-16(13-11-15)14-21-20(22)19-9-5-7-17-6-3-4-8-18(17)19;1-9(2)8-10(3)11-6-4-5-7-12(11)13;1-4(2)5(6)3-7/h3-13H,2,14H2,1H3,(H,21,22);4-8,13H,3H2,1-2H3;3,7H,1-2H3. The molecule has 0 aliphatic carbocycles. The highest BCUT2D eigenvalue weighted by Crippen LogP contribution is 2.24. The van der Waals surface area contributed by atoms with Crippen LogP contribution in [0.15, 0.2) is 119 Å². The lowest BCUT2D eigenvalue weighted by Gasteiger charge is -2.08. The van der Waals surface area contributed by atoms with Crippen LogP contribution in [0.2, 0.25) is 0 Å². The van der Waals surface area contributed by atoms with Crippen molar-refractivity contribution in [2.75, 3.05) is 0 Å². The maximum Gasteiger partial charge on any atom is 0.252 e. The fourth-order valence-electron chi connectivity index (χ4n) is 3.91. The van der Waals surface area contributed by atoms with E-state index in [2.05, 4.69) is 59.0 Å². The molecule has 0 aliphatic heterocycles. The van der Waals surface area contributed by atoms with Gasteiger partial charge in [0.2, 0.25) is 0 Å². The van der Waals surface area contributed by atoms with E-state index in [0.717, 1.165) is 49.5 Å². The summed E-state index contributed by atoms with van der Waals surface area (Å²) < 4.78 is 0.868. The Balaban J connectivity index is 0.000000261. The normalized spacial score (nSPS) is 9.76. The van der Waals surface area contributed by atoms with E-state index in [4.69, 9.17) is 5.41 Å². The fourth-order valence-corrected chi connectivity index (χ4v) is 3.91. The van der Waals surface area contributed by atoms with E-state index >= 15 is 0 Å². The van der Waals surface area contributed by atoms with Gasteiger partial charge >= 0.3 is 0 Å². The van der Waals surface area contributed by atoms with E-state index in [-0.39, 0.29) is 11.7 Å². The highest BCUT2D eigenvalue weighted by atomic mass is 79.9. The van der Waals surface area contributed by atoms with Crippen molar-refractivity contribution in [3.8, 4) is 5.75 Å². The third-order valence-corrected chi connectivity index (χ3v) is 7.26. The molecule has 0 saturated heterocycles. The molecule has 0 radical (unpaired) electrons. The van der Waals surface area contributed by atoms with Crippen LogP contribution in [0, 0.1) is 5.41 Å². The van der Waals surface area contributed by atoms with Gasteiger partial charge in [0.05, 0.1) is 0 Å². The number of aryl methyl sites for hydroxylation is 1. The smallest absolute Gasteiger partial charge is 0.252 e. The highest BCUT2D eigenvalue weighted by molar-refractivity contribution is 9.12. The zero-order valence-corrected chi connectivity index (χ0v) is 26.8. The maximum atomic E-state index is 12.4. The van der Waals surface area contributed by atoms with Gasteiger partial charge in [0.1, 0.15) is 5.75 Å². The maximum absolute atomic E-state index is 12.4. The number of phenolic OH excluding ortho intramolecular Hbond substituents is 1. The van der Waals surface area contributed by atoms with Crippen molar-refractivity contribution in [3.63, 3.8) is 0 Å². The Labute approximate surface area is 259 Å². The van der Waals surface area contributed by atoms with Gasteiger partial charge in [-0.15, -0.1) is 0 Å². The van der Waals surface area contributed by atoms with Crippen molar-refractivity contribution < 1.29 is 9.90 Å². The van der Waals surface area contributed by atoms with Crippen LogP contribution in [0.5, 0.6) is 5.75 Å². The molecule has 4 nitrogen and oxygen atoms in total. The number of benzene rings is 4. The summed E-state index contributed by atoms with van der Waals surface area (Å²) in [4.78, 5) is 12.4. The first kappa shape index (κ1) is 34.0. The fraction of sp³-hybridized carbons (Fsp3) is 0.189. The molecule has 4 aromatic rings. The molecule has 0 spiro atoms. The number of rotatable bonds is 7. The lowest BCUT2D eigenvalue weighted by Crippen LogP contribution is -2.23. The van der Waals surface area contributed by atoms with Crippen molar-refractivity contribution in [1.29, 1.82) is 5.41 Å². The number of para-hydroxylation sites is 1. The Hall–Kier alpha value is -4.22. The SMILES string of the molecule is C=C(C=C(C)C)c1ccccc1O.CC(C)=C(Br)C=N.CCc1ccc(CNC(=O)c2cccc3ccccc23)cc1. The number of amides is 1. The minimum atomic E-state index is -0.0311. The van der Waals surface area contributed by atoms with Crippen LogP contribution in [-0.4, -0.2) is 17.2 Å². The van der Waals surface area contributed by atoms with E-state index in [1.165, 1.54) is 17.4 Å². The van der Waals surface area contributed by atoms with Crippen molar-refractivity contribution in [2.24, 2.45) is 0 Å². The van der Waals surface area contributed by atoms with Gasteiger partial charge in [-0.3, -0.25) is 4.79 Å². The number of hydrogen-bond donors (Lipinski definition) is 3. The largest absolute Gasteiger partial charge is 0.507 e. The molecule has 0 unspecified atom stereocenters. The molecule has 0 aromatic heterocycles. The number of carbonyl (C=O) groups excluding carboxylic acids is 1. The lowest BCUT2D eigenvalue weighted by molar-refractivity contribution is 0.0952. The number of nitrogens with one attached hydrogen (secondary N) is 2. The van der Waals surface area contributed by atoms with Crippen LogP contribution in [0.25, 0.3) is 16.3 Å². The van der Waals surface area contributed by atoms with Crippen molar-refractivity contribution in [1.82, 2.24) is 5.32 Å². The molecular weight excluding hydrogens is 584 g/mol. The quantitative estimate of drug-likeness (QED) is 0.141. The summed E-state index contributed by atoms with van der Waals surface area (Å²) >= 11 is 3.18. The second kappa shape index (κ2) is 17.6. The zero-order chi connectivity index (χ0) is 31.1. The molecule has 0 bridgehead atoms. The topological polar surface area (TPSA) is 73.2 Å². The molecule has 3 N–H and O–H groups in total. The zero-order valence-electron chi connectivity index (χ0n) is 25.2. The van der Waals surface area contributed by atoms with E-state index in [0.29, 0.717) is 6.54 Å². The molecule has 4 aromatic carbocycles. The van der Waals surface area contributed by atoms with E-state index in [1.807, 2.05) is 88.4 Å². The molecule has 42 heavy (non-hydrogen) atoms. The summed E-state index contributed by atoms with van der Waals surface area (Å²) in [5.74, 6) is 0.251. The summed E-state index contributed by atoms with van der Waals surface area (Å²) in [5.41, 5.74) is 7.10. The molecule has 5 heteroatoms. The van der Waals surface area contributed by atoms with Gasteiger partial charge in [0, 0.05) is 28.4 Å². The van der Waals surface area contributed by atoms with Gasteiger partial charge in [-0.25, -0.2) is 0 Å². The first-order valence-corrected chi connectivity index (χ1v) is 14.7. The first-order valence-electron chi connectivity index (χ1n) is 13.9. The van der Waals surface area contributed by atoms with E-state index in [9.17, 15) is 9.90 Å². The summed E-state index contributed by atoms with van der Waals surface area (Å²) in [6.45, 7) is 14.5. The van der Waals surface area contributed by atoms with Gasteiger partial charge in [-0.2, -0.15) is 0 Å². The average Bonchev–Trinajstić information content (AvgIpc) is 2.99. The minimum Gasteiger partial charge on any atom is -0.507 e. The molecule has 4 rings (SSSR count). The summed E-state index contributed by atoms with van der Waals surface area (Å²) in [6, 6.07) is 29.4. The third-order valence-electron chi connectivity index (χ3n) is 6.24. The van der Waals surface area contributed by atoms with Gasteiger partial charge in [0.15, 0.2) is 0 Å². The van der Waals surface area contributed by atoms with Gasteiger partial charge in [-0.1, -0.05) is 110 Å². The minimum absolute atomic E-state index is 0.0311. The molecule has 0 saturated carbocycles. The Morgan fingerprint density at radius 1 is 0.857 bits per heavy atom. The summed E-state index contributed by atoms with van der Waals surface area (Å²) in [5, 5.41) is 21.3. The van der Waals surface area contributed by atoms with Crippen LogP contribution < -0.4 is 5.32 Å². The van der Waals surface area contributed by atoms with Crippen molar-refractivity contribution >= 4 is 44.4 Å². The summed E-state index contributed by atoms with van der Waals surface area (Å²) in [7, 11) is 0. The van der Waals surface area contributed by atoms with E-state index in [1.54, 1.807) is 12.1 Å². The van der Waals surface area contributed by atoms with Gasteiger partial charge < -0.3 is 15.8 Å². The Kier molecular flexibility index (Phi) is 14.2. The number of hydrogen-bond acceptors (Lipinski definition) is 3. The number of allylic oxidation sites excluding steroid dienone is 5. The Morgan fingerprint density at radius 3 is 2.00 bits per heavy atom. The van der Waals surface area contributed by atoms with Crippen molar-refractivity contribution in [2.45, 2.75) is 47.6 Å². The number of aromatic hydroxyl groups is 1. The van der Waals surface area contributed by atoms with E-state index < -0.39 is 0 Å². The van der Waals surface area contributed by atoms with Gasteiger partial charge in [-0.05, 0) is 89.7 Å². The second-order valence-corrected chi connectivity index (χ2v) is 11.0. The predicted octanol–water partition coefficient (Wildman–Crippen LogP) is 10.0. The molecule has 0 aliphatic rings. The molecule has 218 valence electrons. The molecule has 0 heterocycles. The Bertz CT molecular complexity index is 1550. The van der Waals surface area contributed by atoms with Crippen LogP contribution in [0.3, 0.4) is 0 Å². The Morgan fingerprint density at radius 2 is 1.43 bits per heavy atom. The van der Waals surface area contributed by atoms with Gasteiger partial charge in [0.25, 0.3) is 5.91 Å². The summed E-state index contributed by atoms with van der Waals surface area (Å²) in [6.07, 6.45) is 4.27. The van der Waals surface area contributed by atoms with Crippen LogP contribution in [0.1, 0.15) is 61.7 Å². The molecule has 0 atom stereocenters. The monoisotopic (exact) mass is 624 g/mol. The third kappa shape index (κ3) is 11.0. The molecule has 0 fully saturated rings. The van der Waals surface area contributed by atoms with Crippen LogP contribution in [0.4, 0.5) is 0 Å².